The van der Waals surface area contributed by atoms with Gasteiger partial charge in [0.05, 0.1) is 0 Å². The van der Waals surface area contributed by atoms with Crippen LogP contribution in [0.4, 0.5) is 0 Å². The third-order valence-corrected chi connectivity index (χ3v) is 5.66. The van der Waals surface area contributed by atoms with Crippen LogP contribution in [0.2, 0.25) is 0 Å². The van der Waals surface area contributed by atoms with E-state index in [-0.39, 0.29) is 5.41 Å². The lowest BCUT2D eigenvalue weighted by molar-refractivity contribution is 0.372. The minimum Gasteiger partial charge on any atom is -0.152 e. The second kappa shape index (κ2) is 5.68. The summed E-state index contributed by atoms with van der Waals surface area (Å²) in [5.41, 5.74) is 4.67. The third-order valence-electron chi connectivity index (χ3n) is 4.42. The molecular weight excluding hydrogens is 272 g/mol. The summed E-state index contributed by atoms with van der Waals surface area (Å²) in [7, 11) is 0. The Labute approximate surface area is 124 Å². The molecule has 2 heteroatoms. The standard InChI is InChI=1S/C17H19ClS/c18-13-17(10-7-14-8-11-19-12-14)9-3-5-15-4-1-2-6-16(15)17/h1-2,4,6,8,11-12H,3,5,7,9-10,13H2. The predicted octanol–water partition coefficient (Wildman–Crippen LogP) is 5.19. The van der Waals surface area contributed by atoms with Crippen LogP contribution in [0.15, 0.2) is 41.1 Å². The first-order chi connectivity index (χ1) is 9.34. The summed E-state index contributed by atoms with van der Waals surface area (Å²) in [6.45, 7) is 0. The topological polar surface area (TPSA) is 0 Å². The van der Waals surface area contributed by atoms with E-state index >= 15 is 0 Å². The Hall–Kier alpha value is -0.790. The summed E-state index contributed by atoms with van der Waals surface area (Å²) in [6, 6.07) is 11.1. The predicted molar refractivity (Wildman–Crippen MR) is 84.4 cm³/mol. The first-order valence-electron chi connectivity index (χ1n) is 6.99. The maximum absolute atomic E-state index is 6.41. The Morgan fingerprint density at radius 1 is 1.21 bits per heavy atom. The van der Waals surface area contributed by atoms with Crippen molar-refractivity contribution in [2.24, 2.45) is 0 Å². The fraction of sp³-hybridized carbons (Fsp3) is 0.412. The summed E-state index contributed by atoms with van der Waals surface area (Å²) in [6.07, 6.45) is 6.03. The van der Waals surface area contributed by atoms with E-state index in [1.165, 1.54) is 42.4 Å². The highest BCUT2D eigenvalue weighted by atomic mass is 35.5. The first kappa shape index (κ1) is 13.2. The highest BCUT2D eigenvalue weighted by Crippen LogP contribution is 2.41. The van der Waals surface area contributed by atoms with Crippen molar-refractivity contribution in [3.8, 4) is 0 Å². The zero-order valence-corrected chi connectivity index (χ0v) is 12.6. The molecule has 1 atom stereocenters. The summed E-state index contributed by atoms with van der Waals surface area (Å²) in [5.74, 6) is 0.744. The number of rotatable bonds is 4. The molecule has 100 valence electrons. The van der Waals surface area contributed by atoms with Crippen LogP contribution in [0.3, 0.4) is 0 Å². The van der Waals surface area contributed by atoms with E-state index in [1.807, 2.05) is 0 Å². The van der Waals surface area contributed by atoms with Gasteiger partial charge in [0.15, 0.2) is 0 Å². The van der Waals surface area contributed by atoms with Crippen LogP contribution < -0.4 is 0 Å². The van der Waals surface area contributed by atoms with Gasteiger partial charge in [0.1, 0.15) is 0 Å². The van der Waals surface area contributed by atoms with E-state index in [2.05, 4.69) is 41.1 Å². The number of alkyl halides is 1. The molecule has 1 unspecified atom stereocenters. The fourth-order valence-electron chi connectivity index (χ4n) is 3.29. The molecule has 0 N–H and O–H groups in total. The van der Waals surface area contributed by atoms with Gasteiger partial charge in [-0.05, 0) is 65.6 Å². The zero-order valence-electron chi connectivity index (χ0n) is 11.1. The molecule has 0 radical (unpaired) electrons. The van der Waals surface area contributed by atoms with E-state index in [4.69, 9.17) is 11.6 Å². The number of hydrogen-bond donors (Lipinski definition) is 0. The monoisotopic (exact) mass is 290 g/mol. The van der Waals surface area contributed by atoms with Crippen LogP contribution in [0, 0.1) is 0 Å². The van der Waals surface area contributed by atoms with E-state index in [9.17, 15) is 0 Å². The van der Waals surface area contributed by atoms with E-state index < -0.39 is 0 Å². The molecule has 19 heavy (non-hydrogen) atoms. The lowest BCUT2D eigenvalue weighted by Gasteiger charge is -2.38. The molecule has 1 aliphatic rings. The quantitative estimate of drug-likeness (QED) is 0.680. The molecule has 2 aromatic rings. The molecular formula is C17H19ClS. The van der Waals surface area contributed by atoms with E-state index in [0.717, 1.165) is 12.3 Å². The average molecular weight is 291 g/mol. The maximum Gasteiger partial charge on any atom is 0.0320 e. The van der Waals surface area contributed by atoms with Gasteiger partial charge in [-0.2, -0.15) is 11.3 Å². The Kier molecular flexibility index (Phi) is 3.95. The summed E-state index contributed by atoms with van der Waals surface area (Å²) >= 11 is 8.19. The smallest absolute Gasteiger partial charge is 0.0320 e. The second-order valence-electron chi connectivity index (χ2n) is 5.56. The van der Waals surface area contributed by atoms with Gasteiger partial charge in [0.2, 0.25) is 0 Å². The Morgan fingerprint density at radius 3 is 2.89 bits per heavy atom. The van der Waals surface area contributed by atoms with Gasteiger partial charge in [-0.1, -0.05) is 24.3 Å². The van der Waals surface area contributed by atoms with Crippen LogP contribution >= 0.6 is 22.9 Å². The number of fused-ring (bicyclic) bond motifs is 1. The zero-order chi connectivity index (χ0) is 13.1. The van der Waals surface area contributed by atoms with Crippen molar-refractivity contribution >= 4 is 22.9 Å². The number of thiophene rings is 1. The number of halogens is 1. The summed E-state index contributed by atoms with van der Waals surface area (Å²) in [4.78, 5) is 0. The minimum atomic E-state index is 0.193. The number of benzene rings is 1. The van der Waals surface area contributed by atoms with Crippen molar-refractivity contribution in [2.75, 3.05) is 5.88 Å². The first-order valence-corrected chi connectivity index (χ1v) is 8.47. The van der Waals surface area contributed by atoms with Crippen molar-refractivity contribution in [3.63, 3.8) is 0 Å². The van der Waals surface area contributed by atoms with Crippen molar-refractivity contribution in [1.82, 2.24) is 0 Å². The minimum absolute atomic E-state index is 0.193. The van der Waals surface area contributed by atoms with Crippen LogP contribution in [0.25, 0.3) is 0 Å². The second-order valence-corrected chi connectivity index (χ2v) is 6.60. The molecule has 0 amide bonds. The number of aryl methyl sites for hydroxylation is 2. The summed E-state index contributed by atoms with van der Waals surface area (Å²) in [5, 5.41) is 4.42. The fourth-order valence-corrected chi connectivity index (χ4v) is 4.41. The molecule has 3 rings (SSSR count). The van der Waals surface area contributed by atoms with Crippen LogP contribution in [0.1, 0.15) is 36.0 Å². The van der Waals surface area contributed by atoms with Crippen molar-refractivity contribution < 1.29 is 0 Å². The molecule has 0 bridgehead atoms. The molecule has 0 spiro atoms. The highest BCUT2D eigenvalue weighted by Gasteiger charge is 2.35. The van der Waals surface area contributed by atoms with Gasteiger partial charge in [-0.15, -0.1) is 11.6 Å². The lowest BCUT2D eigenvalue weighted by Crippen LogP contribution is -2.33. The molecule has 0 saturated carbocycles. The van der Waals surface area contributed by atoms with Gasteiger partial charge >= 0.3 is 0 Å². The van der Waals surface area contributed by atoms with Crippen LogP contribution in [-0.2, 0) is 18.3 Å². The van der Waals surface area contributed by atoms with Crippen LogP contribution in [-0.4, -0.2) is 5.88 Å². The van der Waals surface area contributed by atoms with Crippen LogP contribution in [0.5, 0.6) is 0 Å². The molecule has 1 aliphatic carbocycles. The van der Waals surface area contributed by atoms with Gasteiger partial charge in [0, 0.05) is 11.3 Å². The van der Waals surface area contributed by atoms with Gasteiger partial charge in [-0.3, -0.25) is 0 Å². The molecule has 1 aromatic heterocycles. The Balaban J connectivity index is 1.87. The summed E-state index contributed by atoms with van der Waals surface area (Å²) < 4.78 is 0. The SMILES string of the molecule is ClCC1(CCc2ccsc2)CCCc2ccccc21. The molecule has 0 fully saturated rings. The Morgan fingerprint density at radius 2 is 2.11 bits per heavy atom. The van der Waals surface area contributed by atoms with E-state index in [1.54, 1.807) is 11.3 Å². The molecule has 1 aromatic carbocycles. The van der Waals surface area contributed by atoms with Gasteiger partial charge < -0.3 is 0 Å². The normalized spacial score (nSPS) is 22.2. The Bertz CT molecular complexity index is 532. The molecule has 0 nitrogen and oxygen atoms in total. The molecule has 0 aliphatic heterocycles. The van der Waals surface area contributed by atoms with Crippen molar-refractivity contribution in [2.45, 2.75) is 37.5 Å². The maximum atomic E-state index is 6.41. The largest absolute Gasteiger partial charge is 0.152 e. The van der Waals surface area contributed by atoms with Crippen molar-refractivity contribution in [1.29, 1.82) is 0 Å². The molecule has 0 saturated heterocycles. The molecule has 1 heterocycles. The highest BCUT2D eigenvalue weighted by molar-refractivity contribution is 7.07. The third kappa shape index (κ3) is 2.59. The lowest BCUT2D eigenvalue weighted by atomic mass is 9.68. The van der Waals surface area contributed by atoms with E-state index in [0.29, 0.717) is 0 Å². The average Bonchev–Trinajstić information content (AvgIpc) is 2.98. The van der Waals surface area contributed by atoms with Gasteiger partial charge in [-0.25, -0.2) is 0 Å². The van der Waals surface area contributed by atoms with Crippen molar-refractivity contribution in [3.05, 3.63) is 57.8 Å². The number of hydrogen-bond acceptors (Lipinski definition) is 1. The van der Waals surface area contributed by atoms with Gasteiger partial charge in [0.25, 0.3) is 0 Å².